The molecule has 0 atom stereocenters. The summed E-state index contributed by atoms with van der Waals surface area (Å²) in [4.78, 5) is 16.8. The first-order chi connectivity index (χ1) is 16.0. The number of nitrogens with zero attached hydrogens (tertiary/aromatic N) is 3. The summed E-state index contributed by atoms with van der Waals surface area (Å²) in [5, 5.41) is 21.1. The third-order valence-electron chi connectivity index (χ3n) is 5.47. The molecule has 4 aromatic rings. The molecular weight excluding hydrogens is 436 g/mol. The molecule has 0 aliphatic carbocycles. The zero-order chi connectivity index (χ0) is 23.5. The first-order valence-corrected chi connectivity index (χ1v) is 11.7. The summed E-state index contributed by atoms with van der Waals surface area (Å²) in [7, 11) is 1.51. The molecule has 0 saturated carbocycles. The molecular formula is C25H26N4O3S. The van der Waals surface area contributed by atoms with Crippen LogP contribution >= 0.6 is 11.3 Å². The van der Waals surface area contributed by atoms with Gasteiger partial charge < -0.3 is 15.2 Å². The minimum absolute atomic E-state index is 0.115. The fourth-order valence-electron chi connectivity index (χ4n) is 3.67. The van der Waals surface area contributed by atoms with Crippen LogP contribution in [0, 0.1) is 6.92 Å². The summed E-state index contributed by atoms with van der Waals surface area (Å²) in [6, 6.07) is 12.9. The van der Waals surface area contributed by atoms with Crippen molar-refractivity contribution in [1.29, 1.82) is 0 Å². The lowest BCUT2D eigenvalue weighted by molar-refractivity contribution is 0.0697. The number of hydrogen-bond donors (Lipinski definition) is 2. The number of aromatic carboxylic acids is 1. The highest BCUT2D eigenvalue weighted by Gasteiger charge is 2.24. The lowest BCUT2D eigenvalue weighted by Crippen LogP contribution is -2.08. The Hall–Kier alpha value is -3.65. The number of aromatic nitrogens is 3. The van der Waals surface area contributed by atoms with Crippen molar-refractivity contribution in [3.63, 3.8) is 0 Å². The highest BCUT2D eigenvalue weighted by Crippen LogP contribution is 2.39. The largest absolute Gasteiger partial charge is 0.497 e. The van der Waals surface area contributed by atoms with E-state index < -0.39 is 5.97 Å². The van der Waals surface area contributed by atoms with Crippen molar-refractivity contribution in [3.8, 4) is 22.0 Å². The molecule has 0 bridgehead atoms. The first-order valence-electron chi connectivity index (χ1n) is 10.8. The number of thiazole rings is 1. The Labute approximate surface area is 196 Å². The van der Waals surface area contributed by atoms with Gasteiger partial charge in [-0.3, -0.25) is 0 Å². The van der Waals surface area contributed by atoms with Crippen molar-refractivity contribution in [3.05, 3.63) is 70.4 Å². The molecule has 0 unspecified atom stereocenters. The number of rotatable bonds is 8. The van der Waals surface area contributed by atoms with Crippen molar-refractivity contribution < 1.29 is 14.6 Å². The van der Waals surface area contributed by atoms with Crippen molar-refractivity contribution >= 4 is 28.8 Å². The number of hydrogen-bond acceptors (Lipinski definition) is 6. The van der Waals surface area contributed by atoms with Crippen LogP contribution in [0.1, 0.15) is 41.2 Å². The lowest BCUT2D eigenvalue weighted by atomic mass is 10.1. The fourth-order valence-corrected chi connectivity index (χ4v) is 4.64. The normalized spacial score (nSPS) is 10.9. The van der Waals surface area contributed by atoms with Gasteiger partial charge in [0.25, 0.3) is 0 Å². The number of carboxylic acids is 1. The monoisotopic (exact) mass is 462 g/mol. The molecule has 0 aliphatic rings. The van der Waals surface area contributed by atoms with Gasteiger partial charge in [0.1, 0.15) is 16.6 Å². The van der Waals surface area contributed by atoms with Crippen LogP contribution in [0.25, 0.3) is 16.3 Å². The van der Waals surface area contributed by atoms with E-state index in [0.717, 1.165) is 39.6 Å². The maximum absolute atomic E-state index is 12.0. The summed E-state index contributed by atoms with van der Waals surface area (Å²) >= 11 is 1.57. The Balaban J connectivity index is 1.96. The van der Waals surface area contributed by atoms with E-state index in [0.29, 0.717) is 23.7 Å². The number of anilines is 2. The van der Waals surface area contributed by atoms with Crippen molar-refractivity contribution in [2.24, 2.45) is 0 Å². The molecule has 7 nitrogen and oxygen atoms in total. The molecule has 2 N–H and O–H groups in total. The predicted molar refractivity (Wildman–Crippen MR) is 131 cm³/mol. The van der Waals surface area contributed by atoms with E-state index in [9.17, 15) is 9.90 Å². The Bertz CT molecular complexity index is 1310. The van der Waals surface area contributed by atoms with Gasteiger partial charge in [0.2, 0.25) is 0 Å². The Morgan fingerprint density at radius 2 is 1.97 bits per heavy atom. The second-order valence-corrected chi connectivity index (χ2v) is 8.42. The Morgan fingerprint density at radius 1 is 1.18 bits per heavy atom. The number of para-hydroxylation sites is 1. The van der Waals surface area contributed by atoms with E-state index in [2.05, 4.69) is 24.5 Å². The minimum Gasteiger partial charge on any atom is -0.497 e. The van der Waals surface area contributed by atoms with Gasteiger partial charge in [-0.2, -0.15) is 5.10 Å². The van der Waals surface area contributed by atoms with Crippen LogP contribution < -0.4 is 10.1 Å². The highest BCUT2D eigenvalue weighted by atomic mass is 32.1. The number of carboxylic acid groups (broad SMARTS) is 1. The number of ether oxygens (including phenoxy) is 1. The standard InChI is InChI=1S/C25H26N4O3S/c1-5-16-14-33-24(26-16)22-19(6-2)28-29(21-10-8-7-9-15(21)3)23(22)27-20-12-11-17(32-4)13-18(20)25(30)31/h7-14,27H,5-6H2,1-4H3,(H,30,31). The maximum Gasteiger partial charge on any atom is 0.337 e. The van der Waals surface area contributed by atoms with Gasteiger partial charge in [0.05, 0.1) is 41.0 Å². The van der Waals surface area contributed by atoms with Gasteiger partial charge in [-0.05, 0) is 49.6 Å². The summed E-state index contributed by atoms with van der Waals surface area (Å²) < 4.78 is 7.09. The summed E-state index contributed by atoms with van der Waals surface area (Å²) in [6.07, 6.45) is 1.55. The number of aryl methyl sites for hydroxylation is 3. The molecule has 170 valence electrons. The summed E-state index contributed by atoms with van der Waals surface area (Å²) in [5.41, 5.74) is 5.33. The van der Waals surface area contributed by atoms with E-state index in [1.54, 1.807) is 23.5 Å². The van der Waals surface area contributed by atoms with Crippen LogP contribution in [0.15, 0.2) is 47.8 Å². The number of carbonyl (C=O) groups is 1. The average molecular weight is 463 g/mol. The molecule has 0 aliphatic heterocycles. The van der Waals surface area contributed by atoms with E-state index >= 15 is 0 Å². The fraction of sp³-hybridized carbons (Fsp3) is 0.240. The lowest BCUT2D eigenvalue weighted by Gasteiger charge is -2.15. The van der Waals surface area contributed by atoms with Gasteiger partial charge in [-0.25, -0.2) is 14.5 Å². The van der Waals surface area contributed by atoms with Crippen LogP contribution in [-0.4, -0.2) is 33.0 Å². The molecule has 0 radical (unpaired) electrons. The minimum atomic E-state index is -1.04. The van der Waals surface area contributed by atoms with Gasteiger partial charge in [0.15, 0.2) is 0 Å². The van der Waals surface area contributed by atoms with Gasteiger partial charge in [-0.15, -0.1) is 11.3 Å². The highest BCUT2D eigenvalue weighted by molar-refractivity contribution is 7.13. The second kappa shape index (κ2) is 9.46. The van der Waals surface area contributed by atoms with Gasteiger partial charge in [-0.1, -0.05) is 32.0 Å². The maximum atomic E-state index is 12.0. The van der Waals surface area contributed by atoms with Crippen LogP contribution in [0.4, 0.5) is 11.5 Å². The van der Waals surface area contributed by atoms with E-state index in [1.807, 2.05) is 35.9 Å². The summed E-state index contributed by atoms with van der Waals surface area (Å²) in [6.45, 7) is 6.16. The third-order valence-corrected chi connectivity index (χ3v) is 6.38. The van der Waals surface area contributed by atoms with E-state index in [1.165, 1.54) is 13.2 Å². The van der Waals surface area contributed by atoms with Crippen LogP contribution in [0.3, 0.4) is 0 Å². The van der Waals surface area contributed by atoms with Crippen molar-refractivity contribution in [2.45, 2.75) is 33.6 Å². The SMILES string of the molecule is CCc1csc(-c2c(CC)nn(-c3ccccc3C)c2Nc2ccc(OC)cc2C(=O)O)n1. The molecule has 2 aromatic carbocycles. The molecule has 4 rings (SSSR count). The average Bonchev–Trinajstić information content (AvgIpc) is 3.43. The van der Waals surface area contributed by atoms with Crippen LogP contribution in [0.5, 0.6) is 5.75 Å². The molecule has 0 spiro atoms. The topological polar surface area (TPSA) is 89.3 Å². The molecule has 0 amide bonds. The molecule has 2 aromatic heterocycles. The van der Waals surface area contributed by atoms with Gasteiger partial charge in [0, 0.05) is 5.38 Å². The molecule has 8 heteroatoms. The van der Waals surface area contributed by atoms with Crippen molar-refractivity contribution in [1.82, 2.24) is 14.8 Å². The van der Waals surface area contributed by atoms with Gasteiger partial charge >= 0.3 is 5.97 Å². The number of methoxy groups -OCH3 is 1. The quantitative estimate of drug-likeness (QED) is 0.340. The van der Waals surface area contributed by atoms with Crippen LogP contribution in [-0.2, 0) is 12.8 Å². The zero-order valence-corrected chi connectivity index (χ0v) is 19.9. The number of benzene rings is 2. The predicted octanol–water partition coefficient (Wildman–Crippen LogP) is 5.88. The molecule has 33 heavy (non-hydrogen) atoms. The Kier molecular flexibility index (Phi) is 6.46. The molecule has 0 fully saturated rings. The third kappa shape index (κ3) is 4.34. The zero-order valence-electron chi connectivity index (χ0n) is 19.0. The van der Waals surface area contributed by atoms with E-state index in [-0.39, 0.29) is 5.56 Å². The smallest absolute Gasteiger partial charge is 0.337 e. The first kappa shape index (κ1) is 22.5. The summed E-state index contributed by atoms with van der Waals surface area (Å²) in [5.74, 6) is 0.122. The van der Waals surface area contributed by atoms with Crippen molar-refractivity contribution in [2.75, 3.05) is 12.4 Å². The second-order valence-electron chi connectivity index (χ2n) is 7.56. The Morgan fingerprint density at radius 3 is 2.61 bits per heavy atom. The van der Waals surface area contributed by atoms with Crippen LogP contribution in [0.2, 0.25) is 0 Å². The number of nitrogens with one attached hydrogen (secondary N) is 1. The molecule has 0 saturated heterocycles. The molecule has 2 heterocycles. The van der Waals surface area contributed by atoms with E-state index in [4.69, 9.17) is 14.8 Å².